The Hall–Kier alpha value is -1.39. The van der Waals surface area contributed by atoms with Gasteiger partial charge in [-0.2, -0.15) is 0 Å². The van der Waals surface area contributed by atoms with Crippen molar-refractivity contribution in [3.05, 3.63) is 35.9 Å². The molecular weight excluding hydrogens is 312 g/mol. The molecule has 1 aliphatic carbocycles. The average Bonchev–Trinajstić information content (AvgIpc) is 3.22. The maximum absolute atomic E-state index is 13.4. The summed E-state index contributed by atoms with van der Waals surface area (Å²) in [5.74, 6) is 1.03. The van der Waals surface area contributed by atoms with Crippen LogP contribution in [0.2, 0.25) is 0 Å². The first-order chi connectivity index (χ1) is 12.1. The van der Waals surface area contributed by atoms with Gasteiger partial charge in [-0.05, 0) is 49.6 Å². The number of carbonyl (C=O) groups excluding carboxylic acids is 1. The maximum Gasteiger partial charge on any atom is 0.259 e. The molecule has 1 unspecified atom stereocenters. The molecule has 1 heterocycles. The molecule has 4 heteroatoms. The van der Waals surface area contributed by atoms with Crippen molar-refractivity contribution in [2.45, 2.75) is 51.0 Å². The molecule has 0 radical (unpaired) electrons. The van der Waals surface area contributed by atoms with Crippen molar-refractivity contribution >= 4 is 5.91 Å². The highest BCUT2D eigenvalue weighted by Crippen LogP contribution is 2.42. The van der Waals surface area contributed by atoms with Crippen LogP contribution in [0.1, 0.15) is 51.0 Å². The van der Waals surface area contributed by atoms with Crippen molar-refractivity contribution < 1.29 is 9.90 Å². The van der Waals surface area contributed by atoms with Crippen molar-refractivity contribution in [2.24, 2.45) is 23.5 Å². The van der Waals surface area contributed by atoms with Crippen molar-refractivity contribution in [3.8, 4) is 0 Å². The highest BCUT2D eigenvalue weighted by atomic mass is 16.3. The fraction of sp³-hybridized carbons (Fsp3) is 0.667. The first kappa shape index (κ1) is 18.4. The molecule has 0 bridgehead atoms. The van der Waals surface area contributed by atoms with Gasteiger partial charge < -0.3 is 15.7 Å². The van der Waals surface area contributed by atoms with Crippen LogP contribution in [-0.2, 0) is 10.4 Å². The molecule has 0 aromatic heterocycles. The quantitative estimate of drug-likeness (QED) is 0.863. The zero-order chi connectivity index (χ0) is 17.9. The van der Waals surface area contributed by atoms with Gasteiger partial charge in [-0.3, -0.25) is 4.79 Å². The number of nitrogens with two attached hydrogens (primary N) is 1. The van der Waals surface area contributed by atoms with Crippen LogP contribution in [0.15, 0.2) is 30.3 Å². The third kappa shape index (κ3) is 3.61. The maximum atomic E-state index is 13.4. The minimum Gasteiger partial charge on any atom is -0.375 e. The van der Waals surface area contributed by atoms with Crippen LogP contribution in [0.25, 0.3) is 0 Å². The van der Waals surface area contributed by atoms with E-state index in [9.17, 15) is 9.90 Å². The molecule has 1 saturated heterocycles. The van der Waals surface area contributed by atoms with Gasteiger partial charge in [0.1, 0.15) is 0 Å². The minimum atomic E-state index is -1.37. The minimum absolute atomic E-state index is 0.0306. The second-order valence-electron chi connectivity index (χ2n) is 7.96. The van der Waals surface area contributed by atoms with Crippen LogP contribution >= 0.6 is 0 Å². The Morgan fingerprint density at radius 3 is 2.36 bits per heavy atom. The van der Waals surface area contributed by atoms with E-state index in [-0.39, 0.29) is 11.8 Å². The standard InChI is InChI=1S/C21H32N2O2/c1-16(15-22)17-11-13-23(14-12-17)20(24)21(25,19-9-5-6-10-19)18-7-3-2-4-8-18/h2-4,7-8,16-17,19,25H,5-6,9-15,22H2,1H3/t16?,21-/m0/s1. The summed E-state index contributed by atoms with van der Waals surface area (Å²) in [6.07, 6.45) is 6.03. The molecule has 1 aliphatic heterocycles. The van der Waals surface area contributed by atoms with Crippen LogP contribution in [0.4, 0.5) is 0 Å². The Morgan fingerprint density at radius 2 is 1.80 bits per heavy atom. The number of piperidine rings is 1. The first-order valence-corrected chi connectivity index (χ1v) is 9.84. The topological polar surface area (TPSA) is 66.6 Å². The number of nitrogens with zero attached hydrogens (tertiary/aromatic N) is 1. The number of hydrogen-bond donors (Lipinski definition) is 2. The normalized spacial score (nSPS) is 23.4. The van der Waals surface area contributed by atoms with Crippen molar-refractivity contribution in [1.82, 2.24) is 4.90 Å². The lowest BCUT2D eigenvalue weighted by atomic mass is 9.78. The Morgan fingerprint density at radius 1 is 1.20 bits per heavy atom. The fourth-order valence-corrected chi connectivity index (χ4v) is 4.67. The molecule has 0 spiro atoms. The molecule has 2 aliphatic rings. The van der Waals surface area contributed by atoms with E-state index in [4.69, 9.17) is 5.73 Å². The van der Waals surface area contributed by atoms with Gasteiger partial charge in [0.2, 0.25) is 0 Å². The second-order valence-corrected chi connectivity index (χ2v) is 7.96. The first-order valence-electron chi connectivity index (χ1n) is 9.84. The van der Waals surface area contributed by atoms with Gasteiger partial charge >= 0.3 is 0 Å². The molecule has 1 amide bonds. The van der Waals surface area contributed by atoms with Gasteiger partial charge in [0.25, 0.3) is 5.91 Å². The fourth-order valence-electron chi connectivity index (χ4n) is 4.67. The highest BCUT2D eigenvalue weighted by molar-refractivity contribution is 5.87. The molecule has 1 aromatic rings. The van der Waals surface area contributed by atoms with Gasteiger partial charge in [-0.1, -0.05) is 50.1 Å². The molecule has 2 fully saturated rings. The lowest BCUT2D eigenvalue weighted by Gasteiger charge is -2.41. The summed E-state index contributed by atoms with van der Waals surface area (Å²) in [5.41, 5.74) is 5.19. The molecular formula is C21H32N2O2. The van der Waals surface area contributed by atoms with Crippen molar-refractivity contribution in [2.75, 3.05) is 19.6 Å². The molecule has 4 nitrogen and oxygen atoms in total. The number of carbonyl (C=O) groups is 1. The summed E-state index contributed by atoms with van der Waals surface area (Å²) in [6.45, 7) is 4.36. The van der Waals surface area contributed by atoms with Crippen LogP contribution in [-0.4, -0.2) is 35.5 Å². The monoisotopic (exact) mass is 344 g/mol. The molecule has 3 rings (SSSR count). The number of amides is 1. The van der Waals surface area contributed by atoms with Gasteiger partial charge in [0.05, 0.1) is 0 Å². The summed E-state index contributed by atoms with van der Waals surface area (Å²) in [4.78, 5) is 15.3. The zero-order valence-electron chi connectivity index (χ0n) is 15.4. The summed E-state index contributed by atoms with van der Waals surface area (Å²) in [6, 6.07) is 9.57. The summed E-state index contributed by atoms with van der Waals surface area (Å²) in [7, 11) is 0. The number of aliphatic hydroxyl groups is 1. The zero-order valence-corrected chi connectivity index (χ0v) is 15.4. The van der Waals surface area contributed by atoms with Crippen LogP contribution < -0.4 is 5.73 Å². The van der Waals surface area contributed by atoms with E-state index in [0.717, 1.165) is 57.2 Å². The van der Waals surface area contributed by atoms with Gasteiger partial charge in [0.15, 0.2) is 5.60 Å². The highest BCUT2D eigenvalue weighted by Gasteiger charge is 2.48. The molecule has 138 valence electrons. The van der Waals surface area contributed by atoms with Crippen molar-refractivity contribution in [3.63, 3.8) is 0 Å². The largest absolute Gasteiger partial charge is 0.375 e. The van der Waals surface area contributed by atoms with Gasteiger partial charge in [0, 0.05) is 19.0 Å². The van der Waals surface area contributed by atoms with E-state index in [2.05, 4.69) is 6.92 Å². The van der Waals surface area contributed by atoms with E-state index in [1.807, 2.05) is 35.2 Å². The van der Waals surface area contributed by atoms with E-state index in [1.165, 1.54) is 0 Å². The van der Waals surface area contributed by atoms with Gasteiger partial charge in [-0.15, -0.1) is 0 Å². The van der Waals surface area contributed by atoms with E-state index in [1.54, 1.807) is 0 Å². The Bertz CT molecular complexity index is 563. The summed E-state index contributed by atoms with van der Waals surface area (Å²) < 4.78 is 0. The number of likely N-dealkylation sites (tertiary alicyclic amines) is 1. The molecule has 25 heavy (non-hydrogen) atoms. The van der Waals surface area contributed by atoms with E-state index >= 15 is 0 Å². The smallest absolute Gasteiger partial charge is 0.259 e. The Balaban J connectivity index is 1.79. The molecule has 1 aromatic carbocycles. The Kier molecular flexibility index (Phi) is 5.80. The molecule has 1 saturated carbocycles. The third-order valence-corrected chi connectivity index (χ3v) is 6.49. The summed E-state index contributed by atoms with van der Waals surface area (Å²) in [5, 5.41) is 11.6. The SMILES string of the molecule is CC(CN)C1CCN(C(=O)[C@](O)(c2ccccc2)C2CCCC2)CC1. The third-order valence-electron chi connectivity index (χ3n) is 6.49. The predicted molar refractivity (Wildman–Crippen MR) is 99.8 cm³/mol. The second kappa shape index (κ2) is 7.88. The van der Waals surface area contributed by atoms with E-state index in [0.29, 0.717) is 18.4 Å². The molecule has 2 atom stereocenters. The van der Waals surface area contributed by atoms with E-state index < -0.39 is 5.60 Å². The number of rotatable bonds is 5. The predicted octanol–water partition coefficient (Wildman–Crippen LogP) is 2.90. The molecule has 3 N–H and O–H groups in total. The lowest BCUT2D eigenvalue weighted by Crippen LogP contribution is -2.53. The van der Waals surface area contributed by atoms with Crippen molar-refractivity contribution in [1.29, 1.82) is 0 Å². The van der Waals surface area contributed by atoms with Crippen LogP contribution in [0.3, 0.4) is 0 Å². The van der Waals surface area contributed by atoms with Gasteiger partial charge in [-0.25, -0.2) is 0 Å². The lowest BCUT2D eigenvalue weighted by molar-refractivity contribution is -0.161. The Labute approximate surface area is 151 Å². The summed E-state index contributed by atoms with van der Waals surface area (Å²) >= 11 is 0. The average molecular weight is 344 g/mol. The number of benzene rings is 1. The van der Waals surface area contributed by atoms with Crippen LogP contribution in [0.5, 0.6) is 0 Å². The number of hydrogen-bond acceptors (Lipinski definition) is 3. The van der Waals surface area contributed by atoms with Crippen LogP contribution in [0, 0.1) is 17.8 Å².